The van der Waals surface area contributed by atoms with Gasteiger partial charge in [0.15, 0.2) is 16.8 Å². The third kappa shape index (κ3) is 4.61. The molecule has 0 spiro atoms. The third-order valence-corrected chi connectivity index (χ3v) is 5.50. The van der Waals surface area contributed by atoms with E-state index < -0.39 is 0 Å². The Bertz CT molecular complexity index is 991. The summed E-state index contributed by atoms with van der Waals surface area (Å²) in [7, 11) is 1.81. The highest BCUT2D eigenvalue weighted by atomic mass is 35.5. The number of rotatable bonds is 7. The Morgan fingerprint density at radius 1 is 1.11 bits per heavy atom. The van der Waals surface area contributed by atoms with E-state index in [9.17, 15) is 9.59 Å². The molecule has 0 aliphatic carbocycles. The standard InChI is InChI=1S/C20H19ClN4O2S/c1-13(22-19(27)15-10-6-7-11-16(15)21)18-23-24-20(25(18)2)28-12-17(26)14-8-4-3-5-9-14/h3-11,13H,12H2,1-2H3,(H,22,27)/t13-/m0/s1. The van der Waals surface area contributed by atoms with E-state index in [0.29, 0.717) is 27.1 Å². The molecule has 0 aliphatic rings. The zero-order valence-corrected chi connectivity index (χ0v) is 17.0. The van der Waals surface area contributed by atoms with Gasteiger partial charge in [0, 0.05) is 12.6 Å². The van der Waals surface area contributed by atoms with Crippen molar-refractivity contribution in [2.75, 3.05) is 5.75 Å². The predicted molar refractivity (Wildman–Crippen MR) is 110 cm³/mol. The van der Waals surface area contributed by atoms with Gasteiger partial charge in [-0.25, -0.2) is 0 Å². The molecule has 8 heteroatoms. The highest BCUT2D eigenvalue weighted by molar-refractivity contribution is 7.99. The summed E-state index contributed by atoms with van der Waals surface area (Å²) < 4.78 is 1.78. The topological polar surface area (TPSA) is 76.9 Å². The Kier molecular flexibility index (Phi) is 6.49. The van der Waals surface area contributed by atoms with Crippen molar-refractivity contribution >= 4 is 35.1 Å². The summed E-state index contributed by atoms with van der Waals surface area (Å²) in [5.41, 5.74) is 1.07. The fraction of sp³-hybridized carbons (Fsp3) is 0.200. The highest BCUT2D eigenvalue weighted by Crippen LogP contribution is 2.21. The van der Waals surface area contributed by atoms with Crippen LogP contribution in [0.25, 0.3) is 0 Å². The number of hydrogen-bond donors (Lipinski definition) is 1. The second-order valence-corrected chi connectivity index (χ2v) is 7.50. The fourth-order valence-corrected chi connectivity index (χ4v) is 3.68. The molecule has 0 radical (unpaired) electrons. The molecule has 0 bridgehead atoms. The molecule has 6 nitrogen and oxygen atoms in total. The van der Waals surface area contributed by atoms with Gasteiger partial charge in [-0.15, -0.1) is 10.2 Å². The number of nitrogens with zero attached hydrogens (tertiary/aromatic N) is 3. The first-order valence-corrected chi connectivity index (χ1v) is 9.99. The number of benzene rings is 2. The van der Waals surface area contributed by atoms with Gasteiger partial charge in [-0.1, -0.05) is 65.8 Å². The number of nitrogens with one attached hydrogen (secondary N) is 1. The van der Waals surface area contributed by atoms with Crippen molar-refractivity contribution in [1.29, 1.82) is 0 Å². The van der Waals surface area contributed by atoms with E-state index in [1.807, 2.05) is 32.2 Å². The first-order chi connectivity index (χ1) is 13.5. The molecule has 1 atom stereocenters. The van der Waals surface area contributed by atoms with Gasteiger partial charge in [-0.05, 0) is 19.1 Å². The Morgan fingerprint density at radius 2 is 1.79 bits per heavy atom. The van der Waals surface area contributed by atoms with Gasteiger partial charge < -0.3 is 9.88 Å². The van der Waals surface area contributed by atoms with E-state index in [0.717, 1.165) is 0 Å². The average Bonchev–Trinajstić information content (AvgIpc) is 3.07. The average molecular weight is 415 g/mol. The van der Waals surface area contributed by atoms with E-state index in [1.54, 1.807) is 41.0 Å². The minimum atomic E-state index is -0.375. The lowest BCUT2D eigenvalue weighted by Crippen LogP contribution is -2.28. The van der Waals surface area contributed by atoms with E-state index in [4.69, 9.17) is 11.6 Å². The molecule has 0 unspecified atom stereocenters. The maximum absolute atomic E-state index is 12.4. The van der Waals surface area contributed by atoms with Crippen LogP contribution in [0, 0.1) is 0 Å². The molecule has 2 aromatic carbocycles. The van der Waals surface area contributed by atoms with Crippen molar-refractivity contribution in [1.82, 2.24) is 20.1 Å². The third-order valence-electron chi connectivity index (χ3n) is 4.15. The molecule has 1 amide bonds. The maximum Gasteiger partial charge on any atom is 0.253 e. The van der Waals surface area contributed by atoms with E-state index in [1.165, 1.54) is 11.8 Å². The second-order valence-electron chi connectivity index (χ2n) is 6.15. The van der Waals surface area contributed by atoms with Crippen LogP contribution in [0.3, 0.4) is 0 Å². The second kappa shape index (κ2) is 9.03. The summed E-state index contributed by atoms with van der Waals surface area (Å²) in [6, 6.07) is 15.6. The molecule has 1 aromatic heterocycles. The maximum atomic E-state index is 12.4. The zero-order valence-electron chi connectivity index (χ0n) is 15.4. The van der Waals surface area contributed by atoms with Crippen molar-refractivity contribution in [2.45, 2.75) is 18.1 Å². The minimum absolute atomic E-state index is 0.0234. The van der Waals surface area contributed by atoms with Crippen molar-refractivity contribution in [3.63, 3.8) is 0 Å². The summed E-state index contributed by atoms with van der Waals surface area (Å²) in [4.78, 5) is 24.7. The van der Waals surface area contributed by atoms with Crippen LogP contribution in [-0.2, 0) is 7.05 Å². The van der Waals surface area contributed by atoms with Gasteiger partial charge in [-0.2, -0.15) is 0 Å². The Hall–Kier alpha value is -2.64. The largest absolute Gasteiger partial charge is 0.342 e. The van der Waals surface area contributed by atoms with Crippen LogP contribution in [-0.4, -0.2) is 32.2 Å². The summed E-state index contributed by atoms with van der Waals surface area (Å²) in [6.07, 6.45) is 0. The zero-order chi connectivity index (χ0) is 20.1. The number of aromatic nitrogens is 3. The van der Waals surface area contributed by atoms with Crippen molar-refractivity contribution < 1.29 is 9.59 Å². The van der Waals surface area contributed by atoms with Crippen molar-refractivity contribution in [2.24, 2.45) is 7.05 Å². The van der Waals surface area contributed by atoms with Crippen molar-refractivity contribution in [3.8, 4) is 0 Å². The van der Waals surface area contributed by atoms with E-state index >= 15 is 0 Å². The van der Waals surface area contributed by atoms with Crippen LogP contribution in [0.4, 0.5) is 0 Å². The molecule has 144 valence electrons. The lowest BCUT2D eigenvalue weighted by molar-refractivity contribution is 0.0937. The van der Waals surface area contributed by atoms with E-state index in [2.05, 4.69) is 15.5 Å². The molecule has 3 rings (SSSR count). The van der Waals surface area contributed by atoms with E-state index in [-0.39, 0.29) is 23.5 Å². The molecule has 0 fully saturated rings. The molecule has 3 aromatic rings. The number of carbonyl (C=O) groups is 2. The van der Waals surface area contributed by atoms with Crippen LogP contribution in [0.2, 0.25) is 5.02 Å². The summed E-state index contributed by atoms with van der Waals surface area (Å²) in [5.74, 6) is 0.593. The lowest BCUT2D eigenvalue weighted by atomic mass is 10.2. The first-order valence-electron chi connectivity index (χ1n) is 8.63. The van der Waals surface area contributed by atoms with Gasteiger partial charge >= 0.3 is 0 Å². The lowest BCUT2D eigenvalue weighted by Gasteiger charge is -2.14. The number of hydrogen-bond acceptors (Lipinski definition) is 5. The SMILES string of the molecule is C[C@H](NC(=O)c1ccccc1Cl)c1nnc(SCC(=O)c2ccccc2)n1C. The molecule has 1 heterocycles. The Balaban J connectivity index is 1.64. The minimum Gasteiger partial charge on any atom is -0.342 e. The van der Waals surface area contributed by atoms with Crippen LogP contribution in [0.1, 0.15) is 39.5 Å². The summed E-state index contributed by atoms with van der Waals surface area (Å²) >= 11 is 7.39. The van der Waals surface area contributed by atoms with Gasteiger partial charge in [-0.3, -0.25) is 9.59 Å². The number of ketones is 1. The van der Waals surface area contributed by atoms with Crippen LogP contribution >= 0.6 is 23.4 Å². The smallest absolute Gasteiger partial charge is 0.253 e. The number of Topliss-reactive ketones (excluding diaryl/α,β-unsaturated/α-hetero) is 1. The molecular formula is C20H19ClN4O2S. The molecule has 28 heavy (non-hydrogen) atoms. The van der Waals surface area contributed by atoms with Gasteiger partial charge in [0.05, 0.1) is 22.4 Å². The fourth-order valence-electron chi connectivity index (χ4n) is 2.65. The van der Waals surface area contributed by atoms with Crippen LogP contribution in [0.5, 0.6) is 0 Å². The first kappa shape index (κ1) is 20.1. The molecule has 0 aliphatic heterocycles. The van der Waals surface area contributed by atoms with Crippen LogP contribution < -0.4 is 5.32 Å². The molecule has 0 saturated carbocycles. The predicted octanol–water partition coefficient (Wildman–Crippen LogP) is 3.93. The number of carbonyl (C=O) groups excluding carboxylic acids is 2. The van der Waals surface area contributed by atoms with Gasteiger partial charge in [0.25, 0.3) is 5.91 Å². The normalized spacial score (nSPS) is 11.8. The summed E-state index contributed by atoms with van der Waals surface area (Å²) in [5, 5.41) is 12.2. The van der Waals surface area contributed by atoms with Gasteiger partial charge in [0.1, 0.15) is 0 Å². The number of thioether (sulfide) groups is 1. The Morgan fingerprint density at radius 3 is 2.50 bits per heavy atom. The van der Waals surface area contributed by atoms with Crippen molar-refractivity contribution in [3.05, 3.63) is 76.6 Å². The summed E-state index contributed by atoms with van der Waals surface area (Å²) in [6.45, 7) is 1.82. The quantitative estimate of drug-likeness (QED) is 0.468. The highest BCUT2D eigenvalue weighted by Gasteiger charge is 2.20. The number of halogens is 1. The monoisotopic (exact) mass is 414 g/mol. The Labute approximate surface area is 172 Å². The molecular weight excluding hydrogens is 396 g/mol. The molecule has 0 saturated heterocycles. The van der Waals surface area contributed by atoms with Gasteiger partial charge in [0.2, 0.25) is 0 Å². The van der Waals surface area contributed by atoms with Crippen LogP contribution in [0.15, 0.2) is 59.8 Å². The molecule has 1 N–H and O–H groups in total. The number of amides is 1.